The number of nitro benzene ring substituents is 1. The molecule has 1 aliphatic carbocycles. The number of benzene rings is 1. The maximum Gasteiger partial charge on any atom is 0.269 e. The summed E-state index contributed by atoms with van der Waals surface area (Å²) in [5.41, 5.74) is -0.251. The Morgan fingerprint density at radius 2 is 2.05 bits per heavy atom. The molecular formula is C14H16N2O5S. The molecule has 0 N–H and O–H groups in total. The van der Waals surface area contributed by atoms with Crippen LogP contribution < -0.4 is 0 Å². The number of Topliss-reactive ketones (excluding diaryl/α,β-unsaturated/α-hetero) is 1. The van der Waals surface area contributed by atoms with Crippen LogP contribution in [0.5, 0.6) is 0 Å². The SMILES string of the molecule is O=C1CCN(S(=O)(=O)Cc2cccc([N+](=O)[O-])c2)C2(CC2)C1. The summed E-state index contributed by atoms with van der Waals surface area (Å²) >= 11 is 0. The number of non-ortho nitro benzene ring substituents is 1. The van der Waals surface area contributed by atoms with Crippen LogP contribution in [0.2, 0.25) is 0 Å². The third kappa shape index (κ3) is 2.76. The number of nitrogens with zero attached hydrogens (tertiary/aromatic N) is 2. The van der Waals surface area contributed by atoms with Crippen molar-refractivity contribution in [3.8, 4) is 0 Å². The van der Waals surface area contributed by atoms with Gasteiger partial charge in [-0.2, -0.15) is 4.31 Å². The van der Waals surface area contributed by atoms with Crippen LogP contribution in [0.15, 0.2) is 24.3 Å². The molecule has 0 atom stereocenters. The Bertz CT molecular complexity index is 739. The van der Waals surface area contributed by atoms with E-state index in [2.05, 4.69) is 0 Å². The fourth-order valence-corrected chi connectivity index (χ4v) is 5.02. The molecular weight excluding hydrogens is 308 g/mol. The summed E-state index contributed by atoms with van der Waals surface area (Å²) in [7, 11) is -3.59. The maximum atomic E-state index is 12.6. The van der Waals surface area contributed by atoms with E-state index in [1.165, 1.54) is 22.5 Å². The smallest absolute Gasteiger partial charge is 0.269 e. The van der Waals surface area contributed by atoms with Gasteiger partial charge in [0.1, 0.15) is 5.78 Å². The van der Waals surface area contributed by atoms with Gasteiger partial charge in [0.05, 0.1) is 10.7 Å². The fraction of sp³-hybridized carbons (Fsp3) is 0.500. The zero-order chi connectivity index (χ0) is 16.0. The summed E-state index contributed by atoms with van der Waals surface area (Å²) in [5.74, 6) is -0.163. The van der Waals surface area contributed by atoms with Crippen LogP contribution in [0, 0.1) is 10.1 Å². The molecule has 1 saturated heterocycles. The number of sulfonamides is 1. The number of carbonyl (C=O) groups excluding carboxylic acids is 1. The quantitative estimate of drug-likeness (QED) is 0.619. The number of rotatable bonds is 4. The molecule has 1 heterocycles. The zero-order valence-electron chi connectivity index (χ0n) is 11.9. The van der Waals surface area contributed by atoms with E-state index in [-0.39, 0.29) is 30.2 Å². The van der Waals surface area contributed by atoms with E-state index in [1.807, 2.05) is 0 Å². The molecule has 1 saturated carbocycles. The summed E-state index contributed by atoms with van der Waals surface area (Å²) in [6.07, 6.45) is 1.97. The van der Waals surface area contributed by atoms with Crippen LogP contribution in [-0.4, -0.2) is 35.5 Å². The van der Waals surface area contributed by atoms with Crippen LogP contribution in [0.25, 0.3) is 0 Å². The van der Waals surface area contributed by atoms with E-state index in [1.54, 1.807) is 6.07 Å². The first kappa shape index (κ1) is 15.1. The molecule has 3 rings (SSSR count). The zero-order valence-corrected chi connectivity index (χ0v) is 12.7. The molecule has 2 aliphatic rings. The number of ketones is 1. The second-order valence-corrected chi connectivity index (χ2v) is 7.84. The predicted octanol–water partition coefficient (Wildman–Crippen LogP) is 1.62. The Balaban J connectivity index is 1.83. The highest BCUT2D eigenvalue weighted by molar-refractivity contribution is 7.88. The lowest BCUT2D eigenvalue weighted by Gasteiger charge is -2.34. The van der Waals surface area contributed by atoms with Crippen molar-refractivity contribution in [3.63, 3.8) is 0 Å². The molecule has 1 aromatic carbocycles. The van der Waals surface area contributed by atoms with Crippen molar-refractivity contribution in [1.29, 1.82) is 0 Å². The minimum absolute atomic E-state index is 0.110. The van der Waals surface area contributed by atoms with Crippen molar-refractivity contribution in [2.45, 2.75) is 37.0 Å². The molecule has 8 heteroatoms. The number of nitro groups is 1. The number of piperidine rings is 1. The lowest BCUT2D eigenvalue weighted by molar-refractivity contribution is -0.384. The standard InChI is InChI=1S/C14H16N2O5S/c17-13-4-7-15(14(9-13)5-6-14)22(20,21)10-11-2-1-3-12(8-11)16(18)19/h1-3,8H,4-7,9-10H2. The van der Waals surface area contributed by atoms with E-state index in [9.17, 15) is 23.3 Å². The predicted molar refractivity (Wildman–Crippen MR) is 78.6 cm³/mol. The summed E-state index contributed by atoms with van der Waals surface area (Å²) in [6.45, 7) is 0.218. The molecule has 0 unspecified atom stereocenters. The van der Waals surface area contributed by atoms with E-state index >= 15 is 0 Å². The second kappa shape index (κ2) is 5.13. The number of carbonyl (C=O) groups is 1. The minimum Gasteiger partial charge on any atom is -0.300 e. The Kier molecular flexibility index (Phi) is 3.53. The third-order valence-corrected chi connectivity index (χ3v) is 6.22. The van der Waals surface area contributed by atoms with Crippen molar-refractivity contribution in [1.82, 2.24) is 4.31 Å². The number of hydrogen-bond acceptors (Lipinski definition) is 5. The van der Waals surface area contributed by atoms with Crippen molar-refractivity contribution in [2.75, 3.05) is 6.54 Å². The van der Waals surface area contributed by atoms with Gasteiger partial charge in [0.2, 0.25) is 10.0 Å². The fourth-order valence-electron chi connectivity index (χ4n) is 3.06. The highest BCUT2D eigenvalue weighted by Gasteiger charge is 2.55. The van der Waals surface area contributed by atoms with Crippen molar-refractivity contribution < 1.29 is 18.1 Å². The van der Waals surface area contributed by atoms with Gasteiger partial charge >= 0.3 is 0 Å². The first-order chi connectivity index (χ1) is 10.3. The summed E-state index contributed by atoms with van der Waals surface area (Å²) in [6, 6.07) is 5.67. The van der Waals surface area contributed by atoms with Crippen molar-refractivity contribution >= 4 is 21.5 Å². The van der Waals surface area contributed by atoms with Gasteiger partial charge in [-0.1, -0.05) is 12.1 Å². The Hall–Kier alpha value is -1.80. The lowest BCUT2D eigenvalue weighted by Crippen LogP contribution is -2.48. The van der Waals surface area contributed by atoms with E-state index in [0.29, 0.717) is 24.8 Å². The summed E-state index contributed by atoms with van der Waals surface area (Å²) in [4.78, 5) is 21.8. The van der Waals surface area contributed by atoms with Crippen LogP contribution in [0.3, 0.4) is 0 Å². The average molecular weight is 324 g/mol. The molecule has 0 radical (unpaired) electrons. The van der Waals surface area contributed by atoms with Crippen molar-refractivity contribution in [3.05, 3.63) is 39.9 Å². The largest absolute Gasteiger partial charge is 0.300 e. The molecule has 0 amide bonds. The van der Waals surface area contributed by atoms with Gasteiger partial charge in [0.15, 0.2) is 0 Å². The first-order valence-corrected chi connectivity index (χ1v) is 8.69. The Morgan fingerprint density at radius 1 is 1.32 bits per heavy atom. The highest BCUT2D eigenvalue weighted by Crippen LogP contribution is 2.49. The highest BCUT2D eigenvalue weighted by atomic mass is 32.2. The molecule has 22 heavy (non-hydrogen) atoms. The molecule has 0 aromatic heterocycles. The second-order valence-electron chi connectivity index (χ2n) is 5.95. The first-order valence-electron chi connectivity index (χ1n) is 7.08. The normalized spacial score (nSPS) is 21.0. The van der Waals surface area contributed by atoms with Gasteiger partial charge in [-0.15, -0.1) is 0 Å². The van der Waals surface area contributed by atoms with Crippen LogP contribution in [0.1, 0.15) is 31.2 Å². The van der Waals surface area contributed by atoms with Crippen LogP contribution in [-0.2, 0) is 20.6 Å². The third-order valence-electron chi connectivity index (χ3n) is 4.28. The summed E-state index contributed by atoms with van der Waals surface area (Å²) < 4.78 is 26.7. The Labute approximate surface area is 128 Å². The van der Waals surface area contributed by atoms with Gasteiger partial charge < -0.3 is 0 Å². The van der Waals surface area contributed by atoms with Gasteiger partial charge in [0, 0.05) is 37.1 Å². The minimum atomic E-state index is -3.59. The average Bonchev–Trinajstić information content (AvgIpc) is 3.17. The molecule has 1 aliphatic heterocycles. The van der Waals surface area contributed by atoms with Crippen molar-refractivity contribution in [2.24, 2.45) is 0 Å². The molecule has 118 valence electrons. The molecule has 1 spiro atoms. The topological polar surface area (TPSA) is 97.6 Å². The molecule has 1 aromatic rings. The summed E-state index contributed by atoms with van der Waals surface area (Å²) in [5, 5.41) is 10.8. The van der Waals surface area contributed by atoms with Crippen LogP contribution in [0.4, 0.5) is 5.69 Å². The van der Waals surface area contributed by atoms with Gasteiger partial charge in [-0.3, -0.25) is 14.9 Å². The van der Waals surface area contributed by atoms with Crippen LogP contribution >= 0.6 is 0 Å². The van der Waals surface area contributed by atoms with E-state index in [0.717, 1.165) is 0 Å². The number of hydrogen-bond donors (Lipinski definition) is 0. The molecule has 0 bridgehead atoms. The lowest BCUT2D eigenvalue weighted by atomic mass is 10.0. The van der Waals surface area contributed by atoms with Gasteiger partial charge in [-0.05, 0) is 18.4 Å². The van der Waals surface area contributed by atoms with Gasteiger partial charge in [0.25, 0.3) is 5.69 Å². The Morgan fingerprint density at radius 3 is 2.68 bits per heavy atom. The molecule has 7 nitrogen and oxygen atoms in total. The maximum absolute atomic E-state index is 12.6. The van der Waals surface area contributed by atoms with Gasteiger partial charge in [-0.25, -0.2) is 8.42 Å². The molecule has 2 fully saturated rings. The monoisotopic (exact) mass is 324 g/mol. The van der Waals surface area contributed by atoms with E-state index in [4.69, 9.17) is 0 Å². The van der Waals surface area contributed by atoms with E-state index < -0.39 is 20.5 Å².